The molecule has 2 fully saturated rings. The number of ether oxygens (including phenoxy) is 2. The van der Waals surface area contributed by atoms with Crippen LogP contribution in [0.2, 0.25) is 0 Å². The second-order valence-corrected chi connectivity index (χ2v) is 5.81. The third-order valence-electron chi connectivity index (χ3n) is 4.49. The molecule has 0 N–H and O–H groups in total. The molecule has 0 aromatic rings. The molecule has 0 bridgehead atoms. The van der Waals surface area contributed by atoms with Crippen molar-refractivity contribution in [3.05, 3.63) is 0 Å². The van der Waals surface area contributed by atoms with Gasteiger partial charge in [-0.15, -0.1) is 0 Å². The van der Waals surface area contributed by atoms with Gasteiger partial charge in [0.25, 0.3) is 0 Å². The van der Waals surface area contributed by atoms with Gasteiger partial charge in [-0.2, -0.15) is 0 Å². The molecule has 0 aliphatic carbocycles. The zero-order chi connectivity index (χ0) is 14.4. The number of carbonyl (C=O) groups excluding carboxylic acids is 1. The summed E-state index contributed by atoms with van der Waals surface area (Å²) in [4.78, 5) is 16.4. The monoisotopic (exact) mass is 284 g/mol. The second-order valence-electron chi connectivity index (χ2n) is 5.81. The molecule has 0 radical (unpaired) electrons. The maximum absolute atomic E-state index is 11.5. The van der Waals surface area contributed by atoms with Crippen LogP contribution in [0.3, 0.4) is 0 Å². The first-order valence-corrected chi connectivity index (χ1v) is 7.87. The average Bonchev–Trinajstić information content (AvgIpc) is 2.49. The third-order valence-corrected chi connectivity index (χ3v) is 4.49. The molecule has 0 aromatic carbocycles. The standard InChI is InChI=1S/C15H28N2O3/c1-3-16-8-9-20-14(11-16)12-17-7-5-4-6-13(17)10-15(18)19-2/h13-14H,3-12H2,1-2H3. The van der Waals surface area contributed by atoms with Crippen molar-refractivity contribution < 1.29 is 14.3 Å². The van der Waals surface area contributed by atoms with Crippen molar-refractivity contribution in [2.45, 2.75) is 44.8 Å². The van der Waals surface area contributed by atoms with Gasteiger partial charge in [0.2, 0.25) is 0 Å². The summed E-state index contributed by atoms with van der Waals surface area (Å²) < 4.78 is 10.7. The van der Waals surface area contributed by atoms with E-state index < -0.39 is 0 Å². The number of piperidine rings is 1. The molecule has 20 heavy (non-hydrogen) atoms. The van der Waals surface area contributed by atoms with Crippen molar-refractivity contribution in [2.75, 3.05) is 46.4 Å². The Balaban J connectivity index is 1.86. The van der Waals surface area contributed by atoms with Crippen LogP contribution in [0.5, 0.6) is 0 Å². The smallest absolute Gasteiger partial charge is 0.307 e. The largest absolute Gasteiger partial charge is 0.469 e. The van der Waals surface area contributed by atoms with E-state index in [0.29, 0.717) is 12.5 Å². The van der Waals surface area contributed by atoms with Gasteiger partial charge in [0.1, 0.15) is 0 Å². The van der Waals surface area contributed by atoms with E-state index in [2.05, 4.69) is 16.7 Å². The predicted octanol–water partition coefficient (Wildman–Crippen LogP) is 1.12. The van der Waals surface area contributed by atoms with Crippen LogP contribution in [0.4, 0.5) is 0 Å². The minimum absolute atomic E-state index is 0.0957. The molecule has 116 valence electrons. The molecule has 2 aliphatic rings. The summed E-state index contributed by atoms with van der Waals surface area (Å²) in [5.41, 5.74) is 0. The lowest BCUT2D eigenvalue weighted by Gasteiger charge is -2.40. The predicted molar refractivity (Wildman–Crippen MR) is 77.7 cm³/mol. The summed E-state index contributed by atoms with van der Waals surface area (Å²) in [5.74, 6) is -0.0957. The van der Waals surface area contributed by atoms with Gasteiger partial charge < -0.3 is 9.47 Å². The lowest BCUT2D eigenvalue weighted by molar-refractivity contribution is -0.142. The first kappa shape index (κ1) is 15.7. The molecule has 5 nitrogen and oxygen atoms in total. The zero-order valence-corrected chi connectivity index (χ0v) is 12.8. The Morgan fingerprint density at radius 3 is 2.95 bits per heavy atom. The first-order chi connectivity index (χ1) is 9.72. The minimum atomic E-state index is -0.0957. The van der Waals surface area contributed by atoms with Crippen molar-refractivity contribution >= 4 is 5.97 Å². The SMILES string of the molecule is CCN1CCOC(CN2CCCCC2CC(=O)OC)C1. The van der Waals surface area contributed by atoms with Gasteiger partial charge in [0, 0.05) is 25.7 Å². The summed E-state index contributed by atoms with van der Waals surface area (Å²) in [7, 11) is 1.47. The van der Waals surface area contributed by atoms with Crippen LogP contribution < -0.4 is 0 Å². The van der Waals surface area contributed by atoms with E-state index in [1.165, 1.54) is 20.0 Å². The van der Waals surface area contributed by atoms with Crippen LogP contribution in [0, 0.1) is 0 Å². The summed E-state index contributed by atoms with van der Waals surface area (Å²) in [5, 5.41) is 0. The van der Waals surface area contributed by atoms with E-state index in [1.807, 2.05) is 0 Å². The van der Waals surface area contributed by atoms with Crippen molar-refractivity contribution in [1.82, 2.24) is 9.80 Å². The highest BCUT2D eigenvalue weighted by Crippen LogP contribution is 2.21. The fraction of sp³-hybridized carbons (Fsp3) is 0.933. The lowest BCUT2D eigenvalue weighted by atomic mass is 9.98. The van der Waals surface area contributed by atoms with Crippen molar-refractivity contribution in [3.63, 3.8) is 0 Å². The molecule has 0 aromatic heterocycles. The number of likely N-dealkylation sites (tertiary alicyclic amines) is 1. The fourth-order valence-corrected chi connectivity index (χ4v) is 3.25. The molecule has 0 spiro atoms. The van der Waals surface area contributed by atoms with E-state index in [9.17, 15) is 4.79 Å². The van der Waals surface area contributed by atoms with Crippen LogP contribution >= 0.6 is 0 Å². The van der Waals surface area contributed by atoms with E-state index >= 15 is 0 Å². The molecule has 2 unspecified atom stereocenters. The van der Waals surface area contributed by atoms with Gasteiger partial charge in [-0.3, -0.25) is 14.6 Å². The van der Waals surface area contributed by atoms with Crippen LogP contribution in [0.25, 0.3) is 0 Å². The molecular weight excluding hydrogens is 256 g/mol. The molecule has 2 aliphatic heterocycles. The van der Waals surface area contributed by atoms with E-state index in [4.69, 9.17) is 9.47 Å². The molecule has 2 heterocycles. The summed E-state index contributed by atoms with van der Waals surface area (Å²) in [6, 6.07) is 0.330. The number of hydrogen-bond acceptors (Lipinski definition) is 5. The molecule has 2 rings (SSSR count). The minimum Gasteiger partial charge on any atom is -0.469 e. The highest BCUT2D eigenvalue weighted by atomic mass is 16.5. The number of nitrogens with zero attached hydrogens (tertiary/aromatic N) is 2. The van der Waals surface area contributed by atoms with Gasteiger partial charge >= 0.3 is 5.97 Å². The van der Waals surface area contributed by atoms with Gasteiger partial charge in [-0.25, -0.2) is 0 Å². The van der Waals surface area contributed by atoms with Gasteiger partial charge in [-0.05, 0) is 25.9 Å². The summed E-state index contributed by atoms with van der Waals surface area (Å²) in [6.07, 6.45) is 4.33. The van der Waals surface area contributed by atoms with Gasteiger partial charge in [0.05, 0.1) is 26.2 Å². The topological polar surface area (TPSA) is 42.0 Å². The van der Waals surface area contributed by atoms with Gasteiger partial charge in [-0.1, -0.05) is 13.3 Å². The summed E-state index contributed by atoms with van der Waals surface area (Å²) >= 11 is 0. The van der Waals surface area contributed by atoms with E-state index in [1.54, 1.807) is 0 Å². The Hall–Kier alpha value is -0.650. The van der Waals surface area contributed by atoms with Crippen molar-refractivity contribution in [2.24, 2.45) is 0 Å². The Kier molecular flexibility index (Phi) is 6.26. The number of rotatable bonds is 5. The Bertz CT molecular complexity index is 311. The van der Waals surface area contributed by atoms with Crippen LogP contribution in [0.1, 0.15) is 32.6 Å². The summed E-state index contributed by atoms with van der Waals surface area (Å²) in [6.45, 7) is 8.19. The molecular formula is C15H28N2O3. The zero-order valence-electron chi connectivity index (χ0n) is 12.8. The Labute approximate surface area is 122 Å². The Morgan fingerprint density at radius 2 is 2.20 bits per heavy atom. The number of hydrogen-bond donors (Lipinski definition) is 0. The van der Waals surface area contributed by atoms with E-state index in [0.717, 1.165) is 45.8 Å². The third kappa shape index (κ3) is 4.43. The number of morpholine rings is 1. The average molecular weight is 284 g/mol. The maximum atomic E-state index is 11.5. The molecule has 2 atom stereocenters. The number of methoxy groups -OCH3 is 1. The molecule has 0 amide bonds. The fourth-order valence-electron chi connectivity index (χ4n) is 3.25. The van der Waals surface area contributed by atoms with Gasteiger partial charge in [0.15, 0.2) is 0 Å². The highest BCUT2D eigenvalue weighted by Gasteiger charge is 2.29. The molecule has 5 heteroatoms. The quantitative estimate of drug-likeness (QED) is 0.708. The van der Waals surface area contributed by atoms with Crippen molar-refractivity contribution in [1.29, 1.82) is 0 Å². The Morgan fingerprint density at radius 1 is 1.35 bits per heavy atom. The number of esters is 1. The van der Waals surface area contributed by atoms with Crippen molar-refractivity contribution in [3.8, 4) is 0 Å². The first-order valence-electron chi connectivity index (χ1n) is 7.87. The van der Waals surface area contributed by atoms with Crippen LogP contribution in [-0.2, 0) is 14.3 Å². The van der Waals surface area contributed by atoms with Crippen LogP contribution in [-0.4, -0.2) is 74.4 Å². The van der Waals surface area contributed by atoms with E-state index in [-0.39, 0.29) is 12.1 Å². The molecule has 0 saturated carbocycles. The highest BCUT2D eigenvalue weighted by molar-refractivity contribution is 5.69. The number of carbonyl (C=O) groups is 1. The van der Waals surface area contributed by atoms with Crippen LogP contribution in [0.15, 0.2) is 0 Å². The number of likely N-dealkylation sites (N-methyl/N-ethyl adjacent to an activating group) is 1. The second kappa shape index (κ2) is 7.96. The normalized spacial score (nSPS) is 29.3. The maximum Gasteiger partial charge on any atom is 0.307 e. The molecule has 2 saturated heterocycles. The lowest BCUT2D eigenvalue weighted by Crippen LogP contribution is -2.51.